The third kappa shape index (κ3) is 5.72. The summed E-state index contributed by atoms with van der Waals surface area (Å²) in [5.74, 6) is 0.661. The third-order valence-corrected chi connectivity index (χ3v) is 3.95. The molecule has 1 aromatic carbocycles. The molecule has 0 saturated carbocycles. The first-order valence-electron chi connectivity index (χ1n) is 8.15. The van der Waals surface area contributed by atoms with Crippen LogP contribution in [-0.2, 0) is 19.4 Å². The van der Waals surface area contributed by atoms with Gasteiger partial charge in [0.15, 0.2) is 5.95 Å². The van der Waals surface area contributed by atoms with Gasteiger partial charge in [-0.3, -0.25) is 0 Å². The first kappa shape index (κ1) is 18.6. The fourth-order valence-electron chi connectivity index (χ4n) is 2.70. The van der Waals surface area contributed by atoms with Crippen molar-refractivity contribution in [3.05, 3.63) is 47.8 Å². The molecule has 0 bridgehead atoms. The second-order valence-electron chi connectivity index (χ2n) is 5.66. The Morgan fingerprint density at radius 2 is 1.77 bits per heavy atom. The standard InChI is InChI=1S/C18H27N3.ClH/c1-2-3-4-8-13-17-15-20-18(19)21(17)14-9-12-16-10-6-5-7-11-16;/h5-7,10-11,15H,2-4,8-9,12-14H2,1H3,(H2,19,20);1H. The van der Waals surface area contributed by atoms with E-state index in [1.165, 1.54) is 36.9 Å². The lowest BCUT2D eigenvalue weighted by Gasteiger charge is -2.10. The summed E-state index contributed by atoms with van der Waals surface area (Å²) in [4.78, 5) is 4.28. The van der Waals surface area contributed by atoms with E-state index in [1.807, 2.05) is 6.20 Å². The van der Waals surface area contributed by atoms with Gasteiger partial charge in [0.25, 0.3) is 0 Å². The van der Waals surface area contributed by atoms with Crippen LogP contribution < -0.4 is 5.73 Å². The molecule has 1 heterocycles. The van der Waals surface area contributed by atoms with Crippen LogP contribution in [0.15, 0.2) is 36.5 Å². The lowest BCUT2D eigenvalue weighted by atomic mass is 10.1. The van der Waals surface area contributed by atoms with E-state index < -0.39 is 0 Å². The molecule has 0 atom stereocenters. The molecule has 0 fully saturated rings. The summed E-state index contributed by atoms with van der Waals surface area (Å²) < 4.78 is 2.19. The monoisotopic (exact) mass is 321 g/mol. The maximum absolute atomic E-state index is 6.00. The van der Waals surface area contributed by atoms with Crippen LogP contribution in [0.2, 0.25) is 0 Å². The molecule has 0 saturated heterocycles. The van der Waals surface area contributed by atoms with Crippen molar-refractivity contribution in [1.29, 1.82) is 0 Å². The van der Waals surface area contributed by atoms with E-state index in [0.717, 1.165) is 25.8 Å². The lowest BCUT2D eigenvalue weighted by Crippen LogP contribution is -2.08. The minimum absolute atomic E-state index is 0. The fourth-order valence-corrected chi connectivity index (χ4v) is 2.70. The van der Waals surface area contributed by atoms with Gasteiger partial charge in [-0.2, -0.15) is 0 Å². The molecule has 0 aliphatic rings. The molecule has 2 aromatic rings. The van der Waals surface area contributed by atoms with Crippen molar-refractivity contribution >= 4 is 18.4 Å². The average molecular weight is 322 g/mol. The van der Waals surface area contributed by atoms with Crippen molar-refractivity contribution in [2.24, 2.45) is 0 Å². The number of halogens is 1. The van der Waals surface area contributed by atoms with Gasteiger partial charge < -0.3 is 10.3 Å². The maximum atomic E-state index is 6.00. The zero-order valence-corrected chi connectivity index (χ0v) is 14.3. The Bertz CT molecular complexity index is 522. The highest BCUT2D eigenvalue weighted by Gasteiger charge is 2.07. The number of imidazole rings is 1. The number of hydrogen-bond donors (Lipinski definition) is 1. The maximum Gasteiger partial charge on any atom is 0.200 e. The second kappa shape index (κ2) is 10.3. The number of hydrogen-bond acceptors (Lipinski definition) is 2. The number of unbranched alkanes of at least 4 members (excludes halogenated alkanes) is 3. The predicted octanol–water partition coefficient (Wildman–Crippen LogP) is 4.64. The van der Waals surface area contributed by atoms with Crippen LogP contribution >= 0.6 is 12.4 Å². The molecule has 1 aromatic heterocycles. The molecule has 0 aliphatic heterocycles. The zero-order valence-electron chi connectivity index (χ0n) is 13.5. The minimum atomic E-state index is 0. The highest BCUT2D eigenvalue weighted by atomic mass is 35.5. The van der Waals surface area contributed by atoms with Crippen molar-refractivity contribution in [2.45, 2.75) is 58.4 Å². The van der Waals surface area contributed by atoms with Crippen LogP contribution in [0.1, 0.15) is 50.3 Å². The van der Waals surface area contributed by atoms with Gasteiger partial charge in [-0.15, -0.1) is 12.4 Å². The molecule has 0 amide bonds. The van der Waals surface area contributed by atoms with E-state index in [4.69, 9.17) is 5.73 Å². The molecule has 3 nitrogen and oxygen atoms in total. The van der Waals surface area contributed by atoms with Gasteiger partial charge in [0.2, 0.25) is 0 Å². The van der Waals surface area contributed by atoms with Crippen LogP contribution in [0, 0.1) is 0 Å². The molecule has 4 heteroatoms. The van der Waals surface area contributed by atoms with E-state index in [9.17, 15) is 0 Å². The Morgan fingerprint density at radius 1 is 1.00 bits per heavy atom. The van der Waals surface area contributed by atoms with E-state index in [1.54, 1.807) is 0 Å². The number of nitrogens with two attached hydrogens (primary N) is 1. The molecule has 0 spiro atoms. The topological polar surface area (TPSA) is 43.8 Å². The van der Waals surface area contributed by atoms with E-state index in [2.05, 4.69) is 46.8 Å². The quantitative estimate of drug-likeness (QED) is 0.683. The highest BCUT2D eigenvalue weighted by molar-refractivity contribution is 5.85. The summed E-state index contributed by atoms with van der Waals surface area (Å²) in [5.41, 5.74) is 8.68. The summed E-state index contributed by atoms with van der Waals surface area (Å²) >= 11 is 0. The van der Waals surface area contributed by atoms with E-state index in [-0.39, 0.29) is 12.4 Å². The second-order valence-corrected chi connectivity index (χ2v) is 5.66. The molecule has 0 radical (unpaired) electrons. The molecule has 22 heavy (non-hydrogen) atoms. The third-order valence-electron chi connectivity index (χ3n) is 3.95. The molecule has 0 aliphatic carbocycles. The van der Waals surface area contributed by atoms with Gasteiger partial charge >= 0.3 is 0 Å². The Balaban J connectivity index is 0.00000242. The number of nitrogen functional groups attached to an aromatic ring is 1. The Hall–Kier alpha value is -1.48. The summed E-state index contributed by atoms with van der Waals surface area (Å²) in [6.45, 7) is 3.20. The number of aryl methyl sites for hydroxylation is 2. The smallest absolute Gasteiger partial charge is 0.200 e. The number of rotatable bonds is 9. The summed E-state index contributed by atoms with van der Waals surface area (Å²) in [7, 11) is 0. The molecule has 0 unspecified atom stereocenters. The number of anilines is 1. The van der Waals surface area contributed by atoms with E-state index in [0.29, 0.717) is 5.95 Å². The van der Waals surface area contributed by atoms with Crippen molar-refractivity contribution in [2.75, 3.05) is 5.73 Å². The van der Waals surface area contributed by atoms with Crippen molar-refractivity contribution in [3.63, 3.8) is 0 Å². The molecular weight excluding hydrogens is 294 g/mol. The van der Waals surface area contributed by atoms with Crippen LogP contribution in [0.25, 0.3) is 0 Å². The highest BCUT2D eigenvalue weighted by Crippen LogP contribution is 2.14. The molecular formula is C18H28ClN3. The van der Waals surface area contributed by atoms with Crippen molar-refractivity contribution in [1.82, 2.24) is 9.55 Å². The summed E-state index contributed by atoms with van der Waals surface area (Å²) in [6.07, 6.45) is 10.4. The van der Waals surface area contributed by atoms with Gasteiger partial charge in [0.05, 0.1) is 6.20 Å². The van der Waals surface area contributed by atoms with Gasteiger partial charge in [-0.05, 0) is 31.2 Å². The summed E-state index contributed by atoms with van der Waals surface area (Å²) in [6, 6.07) is 10.6. The molecule has 2 rings (SSSR count). The average Bonchev–Trinajstić information content (AvgIpc) is 2.86. The van der Waals surface area contributed by atoms with Crippen LogP contribution in [0.3, 0.4) is 0 Å². The Labute approximate surface area is 140 Å². The van der Waals surface area contributed by atoms with Gasteiger partial charge in [-0.1, -0.05) is 56.5 Å². The van der Waals surface area contributed by atoms with Crippen LogP contribution in [0.4, 0.5) is 5.95 Å². The Morgan fingerprint density at radius 3 is 2.50 bits per heavy atom. The number of aromatic nitrogens is 2. The van der Waals surface area contributed by atoms with Gasteiger partial charge in [-0.25, -0.2) is 4.98 Å². The largest absolute Gasteiger partial charge is 0.369 e. The van der Waals surface area contributed by atoms with Crippen LogP contribution in [-0.4, -0.2) is 9.55 Å². The SMILES string of the molecule is CCCCCCc1cnc(N)n1CCCc1ccccc1.Cl. The summed E-state index contributed by atoms with van der Waals surface area (Å²) in [5, 5.41) is 0. The lowest BCUT2D eigenvalue weighted by molar-refractivity contribution is 0.598. The zero-order chi connectivity index (χ0) is 14.9. The van der Waals surface area contributed by atoms with Crippen molar-refractivity contribution < 1.29 is 0 Å². The fraction of sp³-hybridized carbons (Fsp3) is 0.500. The first-order chi connectivity index (χ1) is 10.3. The minimum Gasteiger partial charge on any atom is -0.369 e. The number of benzene rings is 1. The predicted molar refractivity (Wildman–Crippen MR) is 96.5 cm³/mol. The number of nitrogens with zero attached hydrogens (tertiary/aromatic N) is 2. The van der Waals surface area contributed by atoms with Gasteiger partial charge in [0.1, 0.15) is 0 Å². The molecule has 2 N–H and O–H groups in total. The van der Waals surface area contributed by atoms with E-state index >= 15 is 0 Å². The first-order valence-corrected chi connectivity index (χ1v) is 8.15. The molecule has 122 valence electrons. The van der Waals surface area contributed by atoms with Crippen molar-refractivity contribution in [3.8, 4) is 0 Å². The van der Waals surface area contributed by atoms with Gasteiger partial charge in [0, 0.05) is 12.2 Å². The normalized spacial score (nSPS) is 10.4. The Kier molecular flexibility index (Phi) is 8.68. The van der Waals surface area contributed by atoms with Crippen LogP contribution in [0.5, 0.6) is 0 Å².